The highest BCUT2D eigenvalue weighted by atomic mass is 35.5. The highest BCUT2D eigenvalue weighted by Gasteiger charge is 2.13. The van der Waals surface area contributed by atoms with Crippen molar-refractivity contribution in [3.05, 3.63) is 28.8 Å². The molecule has 1 rings (SSSR count). The summed E-state index contributed by atoms with van der Waals surface area (Å²) in [5, 5.41) is 8.51. The van der Waals surface area contributed by atoms with Gasteiger partial charge in [0.25, 0.3) is 5.91 Å². The molecule has 0 fully saturated rings. The minimum atomic E-state index is -0.881. The maximum Gasteiger partial charge on any atom is 0.319 e. The van der Waals surface area contributed by atoms with Crippen molar-refractivity contribution in [1.82, 2.24) is 10.6 Å². The molecular formula is C17H26ClN3O3S. The summed E-state index contributed by atoms with van der Waals surface area (Å²) in [6.45, 7) is 6.43. The second-order valence-corrected chi connectivity index (χ2v) is 8.33. The van der Waals surface area contributed by atoms with E-state index in [1.54, 1.807) is 18.4 Å². The highest BCUT2D eigenvalue weighted by molar-refractivity contribution is 7.84. The number of benzene rings is 1. The average Bonchev–Trinajstić information content (AvgIpc) is 2.50. The van der Waals surface area contributed by atoms with Gasteiger partial charge in [0.15, 0.2) is 0 Å². The van der Waals surface area contributed by atoms with E-state index in [0.29, 0.717) is 35.9 Å². The number of nitrogens with one attached hydrogen (secondary N) is 3. The van der Waals surface area contributed by atoms with Gasteiger partial charge in [-0.25, -0.2) is 4.79 Å². The fourth-order valence-corrected chi connectivity index (χ4v) is 2.93. The molecule has 6 nitrogen and oxygen atoms in total. The maximum atomic E-state index is 12.1. The predicted molar refractivity (Wildman–Crippen MR) is 104 cm³/mol. The van der Waals surface area contributed by atoms with Crippen LogP contribution >= 0.6 is 11.6 Å². The lowest BCUT2D eigenvalue weighted by Crippen LogP contribution is -2.36. The lowest BCUT2D eigenvalue weighted by atomic mass is 10.1. The minimum absolute atomic E-state index is 0.0968. The summed E-state index contributed by atoms with van der Waals surface area (Å²) in [7, 11) is -0.881. The van der Waals surface area contributed by atoms with E-state index in [4.69, 9.17) is 11.6 Å². The quantitative estimate of drug-likeness (QED) is 0.640. The van der Waals surface area contributed by atoms with Crippen LogP contribution in [0.15, 0.2) is 18.2 Å². The molecule has 0 aliphatic carbocycles. The van der Waals surface area contributed by atoms with Crippen LogP contribution in [0, 0.1) is 5.92 Å². The Bertz CT molecular complexity index is 638. The van der Waals surface area contributed by atoms with Crippen molar-refractivity contribution in [2.45, 2.75) is 33.2 Å². The first-order valence-corrected chi connectivity index (χ1v) is 10.2. The van der Waals surface area contributed by atoms with E-state index in [1.165, 1.54) is 6.07 Å². The monoisotopic (exact) mass is 387 g/mol. The molecule has 2 atom stereocenters. The normalized spacial score (nSPS) is 13.2. The smallest absolute Gasteiger partial charge is 0.319 e. The van der Waals surface area contributed by atoms with Gasteiger partial charge < -0.3 is 16.0 Å². The Labute approximate surface area is 156 Å². The Kier molecular flexibility index (Phi) is 8.92. The van der Waals surface area contributed by atoms with Crippen LogP contribution in [0.4, 0.5) is 10.5 Å². The average molecular weight is 388 g/mol. The van der Waals surface area contributed by atoms with Crippen LogP contribution in [0.25, 0.3) is 0 Å². The number of carbonyl (C=O) groups is 2. The fourth-order valence-electron chi connectivity index (χ4n) is 1.97. The van der Waals surface area contributed by atoms with E-state index < -0.39 is 10.8 Å². The van der Waals surface area contributed by atoms with E-state index in [1.807, 2.05) is 20.8 Å². The van der Waals surface area contributed by atoms with Gasteiger partial charge in [0.1, 0.15) is 0 Å². The third-order valence-corrected chi connectivity index (χ3v) is 4.48. The molecule has 0 aliphatic heterocycles. The molecule has 8 heteroatoms. The van der Waals surface area contributed by atoms with Gasteiger partial charge in [-0.05, 0) is 37.5 Å². The Hall–Kier alpha value is -1.60. The molecule has 0 saturated carbocycles. The zero-order chi connectivity index (χ0) is 19.0. The fraction of sp³-hybridized carbons (Fsp3) is 0.529. The van der Waals surface area contributed by atoms with Crippen LogP contribution in [0.5, 0.6) is 0 Å². The van der Waals surface area contributed by atoms with Crippen molar-refractivity contribution in [3.63, 3.8) is 0 Å². The van der Waals surface area contributed by atoms with E-state index in [-0.39, 0.29) is 23.0 Å². The lowest BCUT2D eigenvalue weighted by molar-refractivity contribution is 0.0949. The van der Waals surface area contributed by atoms with Crippen LogP contribution in [0.1, 0.15) is 37.6 Å². The molecule has 0 radical (unpaired) electrons. The van der Waals surface area contributed by atoms with Crippen LogP contribution in [-0.4, -0.2) is 40.7 Å². The second-order valence-electron chi connectivity index (χ2n) is 6.36. The Morgan fingerprint density at radius 2 is 1.92 bits per heavy atom. The molecule has 140 valence electrons. The second kappa shape index (κ2) is 10.4. The topological polar surface area (TPSA) is 87.3 Å². The van der Waals surface area contributed by atoms with Crippen molar-refractivity contribution in [3.8, 4) is 0 Å². The third kappa shape index (κ3) is 8.36. The Morgan fingerprint density at radius 3 is 2.48 bits per heavy atom. The largest absolute Gasteiger partial charge is 0.352 e. The molecule has 25 heavy (non-hydrogen) atoms. The molecule has 0 saturated heterocycles. The van der Waals surface area contributed by atoms with Crippen molar-refractivity contribution in [2.75, 3.05) is 23.9 Å². The SMILES string of the molecule is CC(C)CNC(=O)c1ccc(NC(=O)N[C@@H](C)CC[S@@](C)=O)cc1Cl. The number of urea groups is 1. The van der Waals surface area contributed by atoms with Crippen molar-refractivity contribution in [2.24, 2.45) is 5.92 Å². The predicted octanol–water partition coefficient (Wildman–Crippen LogP) is 3.00. The summed E-state index contributed by atoms with van der Waals surface area (Å²) in [4.78, 5) is 24.0. The van der Waals surface area contributed by atoms with Gasteiger partial charge in [-0.3, -0.25) is 9.00 Å². The number of hydrogen-bond acceptors (Lipinski definition) is 3. The first kappa shape index (κ1) is 21.4. The number of anilines is 1. The summed E-state index contributed by atoms with van der Waals surface area (Å²) in [5.74, 6) is 0.642. The van der Waals surface area contributed by atoms with Crippen LogP contribution < -0.4 is 16.0 Å². The molecule has 0 bridgehead atoms. The van der Waals surface area contributed by atoms with Gasteiger partial charge in [0, 0.05) is 41.1 Å². The summed E-state index contributed by atoms with van der Waals surface area (Å²) >= 11 is 6.15. The molecule has 1 aromatic rings. The lowest BCUT2D eigenvalue weighted by Gasteiger charge is -2.15. The molecule has 0 aromatic heterocycles. The molecule has 3 N–H and O–H groups in total. The molecule has 0 aliphatic rings. The number of amides is 3. The van der Waals surface area contributed by atoms with Gasteiger partial charge in [0.05, 0.1) is 10.6 Å². The number of hydrogen-bond donors (Lipinski definition) is 3. The van der Waals surface area contributed by atoms with Gasteiger partial charge in [-0.2, -0.15) is 0 Å². The van der Waals surface area contributed by atoms with Gasteiger partial charge in [0.2, 0.25) is 0 Å². The Balaban J connectivity index is 2.60. The first-order valence-electron chi connectivity index (χ1n) is 8.14. The third-order valence-electron chi connectivity index (χ3n) is 3.36. The standard InChI is InChI=1S/C17H26ClN3O3S/c1-11(2)10-19-16(22)14-6-5-13(9-15(14)18)21-17(23)20-12(3)7-8-25(4)24/h5-6,9,11-12H,7-8,10H2,1-4H3,(H,19,22)(H2,20,21,23)/t12-,25+/m0/s1. The molecule has 0 unspecified atom stereocenters. The highest BCUT2D eigenvalue weighted by Crippen LogP contribution is 2.21. The summed E-state index contributed by atoms with van der Waals surface area (Å²) < 4.78 is 11.1. The van der Waals surface area contributed by atoms with Crippen LogP contribution in [0.2, 0.25) is 5.02 Å². The summed E-state index contributed by atoms with van der Waals surface area (Å²) in [6.07, 6.45) is 2.26. The van der Waals surface area contributed by atoms with Gasteiger partial charge in [-0.15, -0.1) is 0 Å². The molecule has 3 amide bonds. The van der Waals surface area contributed by atoms with E-state index in [9.17, 15) is 13.8 Å². The number of carbonyl (C=O) groups excluding carboxylic acids is 2. The van der Waals surface area contributed by atoms with E-state index in [0.717, 1.165) is 0 Å². The number of rotatable bonds is 8. The summed E-state index contributed by atoms with van der Waals surface area (Å²) in [6, 6.07) is 4.28. The number of halogens is 1. The molecule has 0 spiro atoms. The molecule has 0 heterocycles. The zero-order valence-corrected chi connectivity index (χ0v) is 16.6. The van der Waals surface area contributed by atoms with Crippen molar-refractivity contribution in [1.29, 1.82) is 0 Å². The zero-order valence-electron chi connectivity index (χ0n) is 15.0. The van der Waals surface area contributed by atoms with Crippen LogP contribution in [0.3, 0.4) is 0 Å². The van der Waals surface area contributed by atoms with E-state index in [2.05, 4.69) is 16.0 Å². The van der Waals surface area contributed by atoms with Crippen molar-refractivity contribution < 1.29 is 13.8 Å². The van der Waals surface area contributed by atoms with Gasteiger partial charge >= 0.3 is 6.03 Å². The Morgan fingerprint density at radius 1 is 1.24 bits per heavy atom. The van der Waals surface area contributed by atoms with Crippen molar-refractivity contribution >= 4 is 40.0 Å². The minimum Gasteiger partial charge on any atom is -0.352 e. The molecular weight excluding hydrogens is 362 g/mol. The van der Waals surface area contributed by atoms with Crippen LogP contribution in [-0.2, 0) is 10.8 Å². The van der Waals surface area contributed by atoms with E-state index >= 15 is 0 Å². The first-order chi connectivity index (χ1) is 11.7. The molecule has 1 aromatic carbocycles. The summed E-state index contributed by atoms with van der Waals surface area (Å²) in [5.41, 5.74) is 0.862. The maximum absolute atomic E-state index is 12.1. The van der Waals surface area contributed by atoms with Gasteiger partial charge in [-0.1, -0.05) is 25.4 Å².